The molecule has 0 bridgehead atoms. The fourth-order valence-electron chi connectivity index (χ4n) is 1.50. The zero-order valence-electron chi connectivity index (χ0n) is 10.4. The van der Waals surface area contributed by atoms with Crippen molar-refractivity contribution in [1.29, 1.82) is 0 Å². The Labute approximate surface area is 113 Å². The number of thioether (sulfide) groups is 1. The van der Waals surface area contributed by atoms with E-state index >= 15 is 0 Å². The van der Waals surface area contributed by atoms with Gasteiger partial charge in [0.15, 0.2) is 0 Å². The van der Waals surface area contributed by atoms with Crippen molar-refractivity contribution in [2.75, 3.05) is 30.9 Å². The maximum atomic E-state index is 11.9. The first kappa shape index (κ1) is 15.3. The summed E-state index contributed by atoms with van der Waals surface area (Å²) in [6.45, 7) is 2.49. The van der Waals surface area contributed by atoms with Crippen LogP contribution in [-0.4, -0.2) is 68.4 Å². The highest BCUT2D eigenvalue weighted by molar-refractivity contribution is 7.99. The number of nitrogens with zero attached hydrogens (tertiary/aromatic N) is 1. The average molecular weight is 294 g/mol. The standard InChI is InChI=1S/C10H18N2O4S2/c1-7(18(2)16)5-11-10(15)12-3-4-17-6-8(12)9(13)14/h7-8H,3-6H2,1-2H3,(H,11,15)(H,13,14). The number of rotatable bonds is 4. The van der Waals surface area contributed by atoms with E-state index in [1.807, 2.05) is 0 Å². The molecule has 2 amide bonds. The van der Waals surface area contributed by atoms with Crippen molar-refractivity contribution in [2.24, 2.45) is 0 Å². The lowest BCUT2D eigenvalue weighted by Crippen LogP contribution is -2.54. The number of hydrogen-bond acceptors (Lipinski definition) is 4. The van der Waals surface area contributed by atoms with Crippen molar-refractivity contribution >= 4 is 34.6 Å². The summed E-state index contributed by atoms with van der Waals surface area (Å²) in [5.74, 6) is 0.175. The molecule has 0 aromatic heterocycles. The number of urea groups is 1. The van der Waals surface area contributed by atoms with E-state index in [1.165, 1.54) is 16.7 Å². The lowest BCUT2D eigenvalue weighted by atomic mass is 10.3. The molecule has 3 unspecified atom stereocenters. The van der Waals surface area contributed by atoms with Crippen molar-refractivity contribution in [3.8, 4) is 0 Å². The topological polar surface area (TPSA) is 86.7 Å². The van der Waals surface area contributed by atoms with E-state index in [1.54, 1.807) is 13.2 Å². The minimum absolute atomic E-state index is 0.142. The second-order valence-electron chi connectivity index (χ2n) is 4.12. The van der Waals surface area contributed by atoms with Crippen LogP contribution >= 0.6 is 11.8 Å². The zero-order chi connectivity index (χ0) is 13.7. The summed E-state index contributed by atoms with van der Waals surface area (Å²) in [6, 6.07) is -1.16. The number of amides is 2. The van der Waals surface area contributed by atoms with E-state index in [4.69, 9.17) is 5.11 Å². The predicted octanol–water partition coefficient (Wildman–Crippen LogP) is -0.0350. The van der Waals surface area contributed by atoms with Gasteiger partial charge in [-0.05, 0) is 6.92 Å². The Morgan fingerprint density at radius 2 is 2.28 bits per heavy atom. The first-order valence-corrected chi connectivity index (χ1v) is 8.38. The third-order valence-corrected chi connectivity index (χ3v) is 5.10. The molecule has 6 nitrogen and oxygen atoms in total. The van der Waals surface area contributed by atoms with Gasteiger partial charge in [0.2, 0.25) is 0 Å². The van der Waals surface area contributed by atoms with E-state index in [2.05, 4.69) is 5.32 Å². The van der Waals surface area contributed by atoms with E-state index < -0.39 is 22.8 Å². The fraction of sp³-hybridized carbons (Fsp3) is 0.800. The minimum Gasteiger partial charge on any atom is -0.480 e. The molecule has 8 heteroatoms. The Morgan fingerprint density at radius 3 is 2.83 bits per heavy atom. The molecule has 18 heavy (non-hydrogen) atoms. The van der Waals surface area contributed by atoms with Gasteiger partial charge in [0.05, 0.1) is 0 Å². The fourth-order valence-corrected chi connectivity index (χ4v) is 2.86. The molecule has 1 heterocycles. The Balaban J connectivity index is 2.53. The minimum atomic E-state index is -1.00. The van der Waals surface area contributed by atoms with Crippen molar-refractivity contribution in [1.82, 2.24) is 10.2 Å². The van der Waals surface area contributed by atoms with Crippen LogP contribution in [0.15, 0.2) is 0 Å². The molecule has 1 fully saturated rings. The van der Waals surface area contributed by atoms with Gasteiger partial charge in [-0.25, -0.2) is 9.59 Å². The second kappa shape index (κ2) is 6.98. The normalized spacial score (nSPS) is 23.2. The van der Waals surface area contributed by atoms with Crippen LogP contribution < -0.4 is 5.32 Å². The number of carbonyl (C=O) groups excluding carboxylic acids is 1. The number of hydrogen-bond donors (Lipinski definition) is 2. The molecule has 2 N–H and O–H groups in total. The van der Waals surface area contributed by atoms with Crippen LogP contribution in [0.3, 0.4) is 0 Å². The Morgan fingerprint density at radius 1 is 1.61 bits per heavy atom. The molecule has 0 saturated carbocycles. The van der Waals surface area contributed by atoms with Crippen molar-refractivity contribution in [3.63, 3.8) is 0 Å². The van der Waals surface area contributed by atoms with Crippen LogP contribution in [0.25, 0.3) is 0 Å². The van der Waals surface area contributed by atoms with Gasteiger partial charge in [-0.3, -0.25) is 4.21 Å². The number of carboxylic acid groups (broad SMARTS) is 1. The lowest BCUT2D eigenvalue weighted by molar-refractivity contribution is -0.141. The summed E-state index contributed by atoms with van der Waals surface area (Å²) in [5, 5.41) is 11.5. The van der Waals surface area contributed by atoms with E-state index in [0.29, 0.717) is 12.3 Å². The molecular weight excluding hydrogens is 276 g/mol. The summed E-state index contributed by atoms with van der Waals surface area (Å²) in [6.07, 6.45) is 1.58. The molecule has 0 aliphatic carbocycles. The molecule has 0 aromatic carbocycles. The van der Waals surface area contributed by atoms with Crippen molar-refractivity contribution in [3.05, 3.63) is 0 Å². The highest BCUT2D eigenvalue weighted by Crippen LogP contribution is 2.16. The Kier molecular flexibility index (Phi) is 5.94. The molecular formula is C10H18N2O4S2. The molecule has 1 aliphatic rings. The van der Waals surface area contributed by atoms with Crippen molar-refractivity contribution in [2.45, 2.75) is 18.2 Å². The van der Waals surface area contributed by atoms with E-state index in [-0.39, 0.29) is 17.8 Å². The SMILES string of the molecule is CC(CNC(=O)N1CCSCC1C(=O)O)S(C)=O. The van der Waals surface area contributed by atoms with Gasteiger partial charge >= 0.3 is 12.0 Å². The molecule has 0 aromatic rings. The summed E-state index contributed by atoms with van der Waals surface area (Å²) in [7, 11) is -1.00. The van der Waals surface area contributed by atoms with Gasteiger partial charge in [-0.1, -0.05) is 0 Å². The number of aliphatic carboxylic acids is 1. The lowest BCUT2D eigenvalue weighted by Gasteiger charge is -2.32. The van der Waals surface area contributed by atoms with Gasteiger partial charge in [0.1, 0.15) is 6.04 Å². The van der Waals surface area contributed by atoms with E-state index in [0.717, 1.165) is 5.75 Å². The maximum Gasteiger partial charge on any atom is 0.327 e. The number of carbonyl (C=O) groups is 2. The highest BCUT2D eigenvalue weighted by atomic mass is 32.2. The first-order chi connectivity index (χ1) is 8.43. The van der Waals surface area contributed by atoms with Crippen LogP contribution in [0.2, 0.25) is 0 Å². The van der Waals surface area contributed by atoms with Gasteiger partial charge in [-0.15, -0.1) is 0 Å². The summed E-state index contributed by atoms with van der Waals surface area (Å²) in [4.78, 5) is 24.3. The van der Waals surface area contributed by atoms with Crippen LogP contribution in [-0.2, 0) is 15.6 Å². The van der Waals surface area contributed by atoms with Gasteiger partial charge in [0.25, 0.3) is 0 Å². The van der Waals surface area contributed by atoms with Crippen LogP contribution in [0.4, 0.5) is 4.79 Å². The quantitative estimate of drug-likeness (QED) is 0.760. The monoisotopic (exact) mass is 294 g/mol. The molecule has 3 atom stereocenters. The molecule has 1 aliphatic heterocycles. The molecule has 1 saturated heterocycles. The van der Waals surface area contributed by atoms with Gasteiger partial charge in [0, 0.05) is 46.9 Å². The van der Waals surface area contributed by atoms with Gasteiger partial charge < -0.3 is 15.3 Å². The van der Waals surface area contributed by atoms with Crippen LogP contribution in [0.1, 0.15) is 6.92 Å². The molecule has 1 rings (SSSR count). The van der Waals surface area contributed by atoms with Crippen molar-refractivity contribution < 1.29 is 18.9 Å². The Hall–Kier alpha value is -0.760. The second-order valence-corrected chi connectivity index (χ2v) is 7.07. The predicted molar refractivity (Wildman–Crippen MR) is 72.4 cm³/mol. The molecule has 0 radical (unpaired) electrons. The highest BCUT2D eigenvalue weighted by Gasteiger charge is 2.32. The average Bonchev–Trinajstić information content (AvgIpc) is 2.35. The Bertz CT molecular complexity index is 351. The van der Waals surface area contributed by atoms with E-state index in [9.17, 15) is 13.8 Å². The summed E-state index contributed by atoms with van der Waals surface area (Å²) in [5.41, 5.74) is 0. The molecule has 0 spiro atoms. The maximum absolute atomic E-state index is 11.9. The van der Waals surface area contributed by atoms with Crippen LogP contribution in [0.5, 0.6) is 0 Å². The smallest absolute Gasteiger partial charge is 0.327 e. The number of nitrogens with one attached hydrogen (secondary N) is 1. The summed E-state index contributed by atoms with van der Waals surface area (Å²) < 4.78 is 11.2. The summed E-state index contributed by atoms with van der Waals surface area (Å²) >= 11 is 1.53. The number of carboxylic acids is 1. The third-order valence-electron chi connectivity index (χ3n) is 2.78. The van der Waals surface area contributed by atoms with Gasteiger partial charge in [-0.2, -0.15) is 11.8 Å². The largest absolute Gasteiger partial charge is 0.480 e. The molecule has 104 valence electrons. The zero-order valence-corrected chi connectivity index (χ0v) is 12.1. The first-order valence-electron chi connectivity index (χ1n) is 5.60. The third kappa shape index (κ3) is 4.16. The van der Waals surface area contributed by atoms with Crippen LogP contribution in [0, 0.1) is 0 Å².